The highest BCUT2D eigenvalue weighted by Crippen LogP contribution is 2.18. The maximum Gasteiger partial charge on any atom is 0.242 e. The lowest BCUT2D eigenvalue weighted by Crippen LogP contribution is -2.22. The second-order valence-corrected chi connectivity index (χ2v) is 6.93. The molecule has 0 radical (unpaired) electrons. The first-order chi connectivity index (χ1) is 9.41. The second-order valence-electron chi connectivity index (χ2n) is 4.78. The van der Waals surface area contributed by atoms with E-state index in [9.17, 15) is 8.42 Å². The Labute approximate surface area is 119 Å². The molecule has 20 heavy (non-hydrogen) atoms. The van der Waals surface area contributed by atoms with Crippen LogP contribution in [-0.4, -0.2) is 31.4 Å². The fourth-order valence-electron chi connectivity index (χ4n) is 1.85. The molecule has 1 aromatic carbocycles. The van der Waals surface area contributed by atoms with Crippen molar-refractivity contribution in [3.05, 3.63) is 48.3 Å². The summed E-state index contributed by atoms with van der Waals surface area (Å²) < 4.78 is 27.4. The van der Waals surface area contributed by atoms with Gasteiger partial charge in [-0.25, -0.2) is 12.7 Å². The quantitative estimate of drug-likeness (QED) is 0.916. The summed E-state index contributed by atoms with van der Waals surface area (Å²) in [5.74, 6) is 0. The van der Waals surface area contributed by atoms with Crippen LogP contribution in [0.4, 0.5) is 5.69 Å². The zero-order chi connectivity index (χ0) is 14.8. The van der Waals surface area contributed by atoms with E-state index in [0.717, 1.165) is 11.4 Å². The van der Waals surface area contributed by atoms with Crippen molar-refractivity contribution < 1.29 is 8.42 Å². The van der Waals surface area contributed by atoms with E-state index >= 15 is 0 Å². The van der Waals surface area contributed by atoms with Crippen LogP contribution in [0.25, 0.3) is 0 Å². The van der Waals surface area contributed by atoms with E-state index in [-0.39, 0.29) is 0 Å². The zero-order valence-corrected chi connectivity index (χ0v) is 12.7. The summed E-state index contributed by atoms with van der Waals surface area (Å²) in [4.78, 5) is 0.291. The first-order valence-electron chi connectivity index (χ1n) is 6.28. The summed E-state index contributed by atoms with van der Waals surface area (Å²) in [6, 6.07) is 10.8. The molecule has 0 aliphatic rings. The molecule has 1 aromatic heterocycles. The van der Waals surface area contributed by atoms with E-state index in [2.05, 4.69) is 5.32 Å². The minimum atomic E-state index is -3.39. The van der Waals surface area contributed by atoms with Gasteiger partial charge >= 0.3 is 0 Å². The van der Waals surface area contributed by atoms with Crippen molar-refractivity contribution in [3.63, 3.8) is 0 Å². The lowest BCUT2D eigenvalue weighted by Gasteiger charge is -2.13. The van der Waals surface area contributed by atoms with E-state index in [1.165, 1.54) is 18.4 Å². The predicted molar refractivity (Wildman–Crippen MR) is 80.1 cm³/mol. The Bertz CT molecular complexity index is 690. The average Bonchev–Trinajstić information content (AvgIpc) is 2.82. The summed E-state index contributed by atoms with van der Waals surface area (Å²) >= 11 is 0. The van der Waals surface area contributed by atoms with Gasteiger partial charge in [-0.05, 0) is 30.3 Å². The van der Waals surface area contributed by atoms with E-state index in [0.29, 0.717) is 11.4 Å². The lowest BCUT2D eigenvalue weighted by atomic mass is 10.3. The molecule has 0 aliphatic heterocycles. The minimum Gasteiger partial charge on any atom is -0.379 e. The number of hydrogen-bond donors (Lipinski definition) is 1. The van der Waals surface area contributed by atoms with Crippen LogP contribution < -0.4 is 5.32 Å². The van der Waals surface area contributed by atoms with Gasteiger partial charge in [0.05, 0.1) is 11.4 Å². The molecule has 1 heterocycles. The third kappa shape index (κ3) is 3.02. The molecule has 1 N–H and O–H groups in total. The molecule has 0 atom stereocenters. The highest BCUT2D eigenvalue weighted by molar-refractivity contribution is 7.89. The number of anilines is 1. The van der Waals surface area contributed by atoms with Crippen LogP contribution in [0.1, 0.15) is 5.69 Å². The van der Waals surface area contributed by atoms with Crippen molar-refractivity contribution in [1.82, 2.24) is 8.87 Å². The Kier molecular flexibility index (Phi) is 4.15. The minimum absolute atomic E-state index is 0.291. The van der Waals surface area contributed by atoms with Gasteiger partial charge in [0.1, 0.15) is 0 Å². The molecule has 2 rings (SSSR count). The van der Waals surface area contributed by atoms with Gasteiger partial charge < -0.3 is 9.88 Å². The number of aromatic nitrogens is 1. The molecule has 0 amide bonds. The number of sulfonamides is 1. The highest BCUT2D eigenvalue weighted by atomic mass is 32.2. The fourth-order valence-corrected chi connectivity index (χ4v) is 2.80. The molecule has 5 nitrogen and oxygen atoms in total. The fraction of sp³-hybridized carbons (Fsp3) is 0.286. The zero-order valence-electron chi connectivity index (χ0n) is 11.9. The van der Waals surface area contributed by atoms with Gasteiger partial charge in [-0.2, -0.15) is 0 Å². The van der Waals surface area contributed by atoms with Crippen molar-refractivity contribution in [2.45, 2.75) is 11.4 Å². The number of nitrogens with one attached hydrogen (secondary N) is 1. The smallest absolute Gasteiger partial charge is 0.242 e. The van der Waals surface area contributed by atoms with Crippen LogP contribution in [0.15, 0.2) is 47.5 Å². The van der Waals surface area contributed by atoms with Crippen molar-refractivity contribution in [2.75, 3.05) is 19.4 Å². The van der Waals surface area contributed by atoms with Crippen molar-refractivity contribution >= 4 is 15.7 Å². The third-order valence-electron chi connectivity index (χ3n) is 3.14. The number of rotatable bonds is 5. The number of hydrogen-bond acceptors (Lipinski definition) is 3. The van der Waals surface area contributed by atoms with Crippen LogP contribution in [0.5, 0.6) is 0 Å². The van der Waals surface area contributed by atoms with E-state index in [1.807, 2.05) is 36.0 Å². The largest absolute Gasteiger partial charge is 0.379 e. The highest BCUT2D eigenvalue weighted by Gasteiger charge is 2.17. The standard InChI is InChI=1S/C14H19N3O2S/c1-16(2)20(18,19)14-8-4-6-12(10-14)15-11-13-7-5-9-17(13)3/h4-10,15H,11H2,1-3H3. The summed E-state index contributed by atoms with van der Waals surface area (Å²) in [5, 5.41) is 3.24. The Morgan fingerprint density at radius 3 is 2.55 bits per heavy atom. The third-order valence-corrected chi connectivity index (χ3v) is 4.95. The molecule has 6 heteroatoms. The number of aryl methyl sites for hydroxylation is 1. The number of benzene rings is 1. The Morgan fingerprint density at radius 2 is 1.95 bits per heavy atom. The summed E-state index contributed by atoms with van der Waals surface area (Å²) in [6.45, 7) is 0.648. The monoisotopic (exact) mass is 293 g/mol. The molecular weight excluding hydrogens is 274 g/mol. The van der Waals surface area contributed by atoms with Crippen molar-refractivity contribution in [1.29, 1.82) is 0 Å². The van der Waals surface area contributed by atoms with Gasteiger partial charge in [0.25, 0.3) is 0 Å². The van der Waals surface area contributed by atoms with Gasteiger partial charge in [-0.15, -0.1) is 0 Å². The first kappa shape index (κ1) is 14.6. The molecule has 0 saturated heterocycles. The SMILES string of the molecule is CN(C)S(=O)(=O)c1cccc(NCc2cccn2C)c1. The van der Waals surface area contributed by atoms with Crippen LogP contribution in [0.2, 0.25) is 0 Å². The van der Waals surface area contributed by atoms with Gasteiger partial charge in [0.2, 0.25) is 10.0 Å². The molecule has 108 valence electrons. The van der Waals surface area contributed by atoms with Crippen LogP contribution in [0, 0.1) is 0 Å². The molecule has 0 spiro atoms. The van der Waals surface area contributed by atoms with Crippen LogP contribution in [-0.2, 0) is 23.6 Å². The average molecular weight is 293 g/mol. The summed E-state index contributed by atoms with van der Waals surface area (Å²) in [6.07, 6.45) is 1.98. The Morgan fingerprint density at radius 1 is 1.20 bits per heavy atom. The maximum atomic E-state index is 12.1. The second kappa shape index (κ2) is 5.68. The molecule has 0 unspecified atom stereocenters. The van der Waals surface area contributed by atoms with Gasteiger partial charge in [0, 0.05) is 38.7 Å². The molecule has 0 saturated carbocycles. The van der Waals surface area contributed by atoms with Gasteiger partial charge in [0.15, 0.2) is 0 Å². The summed E-state index contributed by atoms with van der Waals surface area (Å²) in [5.41, 5.74) is 1.92. The Hall–Kier alpha value is -1.79. The van der Waals surface area contributed by atoms with Gasteiger partial charge in [-0.3, -0.25) is 0 Å². The first-order valence-corrected chi connectivity index (χ1v) is 7.72. The van der Waals surface area contributed by atoms with E-state index < -0.39 is 10.0 Å². The molecule has 0 aliphatic carbocycles. The lowest BCUT2D eigenvalue weighted by molar-refractivity contribution is 0.521. The topological polar surface area (TPSA) is 54.3 Å². The predicted octanol–water partition coefficient (Wildman–Crippen LogP) is 1.89. The van der Waals surface area contributed by atoms with Gasteiger partial charge in [-0.1, -0.05) is 6.07 Å². The van der Waals surface area contributed by atoms with E-state index in [4.69, 9.17) is 0 Å². The molecule has 2 aromatic rings. The molecule has 0 bridgehead atoms. The number of nitrogens with zero attached hydrogens (tertiary/aromatic N) is 2. The van der Waals surface area contributed by atoms with Crippen LogP contribution >= 0.6 is 0 Å². The van der Waals surface area contributed by atoms with Crippen molar-refractivity contribution in [2.24, 2.45) is 7.05 Å². The molecule has 0 fully saturated rings. The summed E-state index contributed by atoms with van der Waals surface area (Å²) in [7, 11) is 1.64. The van der Waals surface area contributed by atoms with Crippen molar-refractivity contribution in [3.8, 4) is 0 Å². The van der Waals surface area contributed by atoms with E-state index in [1.54, 1.807) is 18.2 Å². The molecular formula is C14H19N3O2S. The normalized spacial score (nSPS) is 11.8. The Balaban J connectivity index is 2.17. The maximum absolute atomic E-state index is 12.1. The van der Waals surface area contributed by atoms with Crippen LogP contribution in [0.3, 0.4) is 0 Å².